The highest BCUT2D eigenvalue weighted by Gasteiger charge is 2.02. The van der Waals surface area contributed by atoms with E-state index in [4.69, 9.17) is 0 Å². The summed E-state index contributed by atoms with van der Waals surface area (Å²) in [4.78, 5) is 13.0. The highest BCUT2D eigenvalue weighted by molar-refractivity contribution is 9.10. The number of rotatable bonds is 7. The van der Waals surface area contributed by atoms with Gasteiger partial charge in [-0.2, -0.15) is 5.10 Å². The Morgan fingerprint density at radius 3 is 3.11 bits per heavy atom. The first-order chi connectivity index (χ1) is 9.24. The summed E-state index contributed by atoms with van der Waals surface area (Å²) in [5, 5.41) is 9.12. The Morgan fingerprint density at radius 2 is 2.42 bits per heavy atom. The number of carbonyl (C=O) groups excluding carboxylic acids is 1. The van der Waals surface area contributed by atoms with Crippen LogP contribution < -0.4 is 5.32 Å². The van der Waals surface area contributed by atoms with Crippen LogP contribution in [0, 0.1) is 0 Å². The van der Waals surface area contributed by atoms with Gasteiger partial charge in [0.1, 0.15) is 0 Å². The average molecular weight is 342 g/mol. The van der Waals surface area contributed by atoms with Crippen LogP contribution in [0.5, 0.6) is 0 Å². The molecule has 6 heteroatoms. The van der Waals surface area contributed by atoms with Crippen LogP contribution >= 0.6 is 27.3 Å². The zero-order valence-electron chi connectivity index (χ0n) is 10.5. The predicted octanol–water partition coefficient (Wildman–Crippen LogP) is 2.85. The van der Waals surface area contributed by atoms with Crippen molar-refractivity contribution in [2.75, 3.05) is 6.54 Å². The summed E-state index contributed by atoms with van der Waals surface area (Å²) < 4.78 is 2.69. The Hall–Kier alpha value is -1.14. The van der Waals surface area contributed by atoms with Gasteiger partial charge < -0.3 is 5.32 Å². The molecule has 0 radical (unpaired) electrons. The first-order valence-electron chi connectivity index (χ1n) is 6.21. The summed E-state index contributed by atoms with van der Waals surface area (Å²) in [5.74, 6) is 0.0813. The normalized spacial score (nSPS) is 10.6. The second-order valence-electron chi connectivity index (χ2n) is 4.20. The number of nitrogens with zero attached hydrogens (tertiary/aromatic N) is 2. The van der Waals surface area contributed by atoms with Crippen molar-refractivity contribution >= 4 is 33.2 Å². The van der Waals surface area contributed by atoms with Crippen LogP contribution in [0.4, 0.5) is 0 Å². The minimum atomic E-state index is 0.0813. The molecule has 0 saturated heterocycles. The molecule has 0 saturated carbocycles. The maximum absolute atomic E-state index is 11.6. The second kappa shape index (κ2) is 7.45. The van der Waals surface area contributed by atoms with E-state index in [1.165, 1.54) is 4.88 Å². The maximum Gasteiger partial charge on any atom is 0.221 e. The van der Waals surface area contributed by atoms with Crippen LogP contribution in [0.1, 0.15) is 17.7 Å². The number of hydrogen-bond donors (Lipinski definition) is 1. The SMILES string of the molecule is O=C(CCn1cc(Br)cn1)NCCCc1cccs1. The molecule has 0 aliphatic rings. The third-order valence-electron chi connectivity index (χ3n) is 2.67. The first-order valence-corrected chi connectivity index (χ1v) is 7.88. The number of thiophene rings is 1. The summed E-state index contributed by atoms with van der Waals surface area (Å²) in [6.07, 6.45) is 6.07. The van der Waals surface area contributed by atoms with Gasteiger partial charge in [0.25, 0.3) is 0 Å². The van der Waals surface area contributed by atoms with Gasteiger partial charge in [-0.1, -0.05) is 6.07 Å². The zero-order chi connectivity index (χ0) is 13.5. The monoisotopic (exact) mass is 341 g/mol. The van der Waals surface area contributed by atoms with Crippen LogP contribution in [-0.2, 0) is 17.8 Å². The van der Waals surface area contributed by atoms with Gasteiger partial charge in [-0.15, -0.1) is 11.3 Å². The van der Waals surface area contributed by atoms with Crippen molar-refractivity contribution in [2.24, 2.45) is 0 Å². The van der Waals surface area contributed by atoms with Crippen molar-refractivity contribution in [1.82, 2.24) is 15.1 Å². The van der Waals surface area contributed by atoms with E-state index >= 15 is 0 Å². The molecule has 2 aromatic rings. The quantitative estimate of drug-likeness (QED) is 0.787. The Balaban J connectivity index is 1.57. The minimum absolute atomic E-state index is 0.0813. The Bertz CT molecular complexity index is 510. The largest absolute Gasteiger partial charge is 0.356 e. The average Bonchev–Trinajstić information content (AvgIpc) is 3.03. The van der Waals surface area contributed by atoms with Crippen molar-refractivity contribution in [1.29, 1.82) is 0 Å². The van der Waals surface area contributed by atoms with Crippen LogP contribution in [0.15, 0.2) is 34.4 Å². The smallest absolute Gasteiger partial charge is 0.221 e. The van der Waals surface area contributed by atoms with Gasteiger partial charge in [-0.05, 0) is 40.2 Å². The van der Waals surface area contributed by atoms with Gasteiger partial charge in [0.15, 0.2) is 0 Å². The molecule has 2 rings (SSSR count). The second-order valence-corrected chi connectivity index (χ2v) is 6.15. The molecule has 1 N–H and O–H groups in total. The van der Waals surface area contributed by atoms with Gasteiger partial charge >= 0.3 is 0 Å². The van der Waals surface area contributed by atoms with Gasteiger partial charge in [-0.25, -0.2) is 0 Å². The summed E-state index contributed by atoms with van der Waals surface area (Å²) in [7, 11) is 0. The molecule has 0 fully saturated rings. The molecule has 0 atom stereocenters. The lowest BCUT2D eigenvalue weighted by molar-refractivity contribution is -0.121. The van der Waals surface area contributed by atoms with E-state index in [2.05, 4.69) is 43.9 Å². The maximum atomic E-state index is 11.6. The molecular formula is C13H16BrN3OS. The molecule has 0 spiro atoms. The van der Waals surface area contributed by atoms with E-state index in [9.17, 15) is 4.79 Å². The van der Waals surface area contributed by atoms with Crippen molar-refractivity contribution in [3.63, 3.8) is 0 Å². The molecule has 1 amide bonds. The Labute approximate surface area is 125 Å². The molecule has 0 aromatic carbocycles. The topological polar surface area (TPSA) is 46.9 Å². The van der Waals surface area contributed by atoms with Gasteiger partial charge in [-0.3, -0.25) is 9.48 Å². The summed E-state index contributed by atoms with van der Waals surface area (Å²) in [6.45, 7) is 1.35. The van der Waals surface area contributed by atoms with Crippen LogP contribution in [0.3, 0.4) is 0 Å². The van der Waals surface area contributed by atoms with E-state index in [-0.39, 0.29) is 5.91 Å². The Kier molecular flexibility index (Phi) is 5.60. The first kappa shape index (κ1) is 14.3. The predicted molar refractivity (Wildman–Crippen MR) is 80.2 cm³/mol. The number of aromatic nitrogens is 2. The lowest BCUT2D eigenvalue weighted by Crippen LogP contribution is -2.25. The van der Waals surface area contributed by atoms with Crippen molar-refractivity contribution < 1.29 is 4.79 Å². The van der Waals surface area contributed by atoms with Crippen molar-refractivity contribution in [3.8, 4) is 0 Å². The molecule has 19 heavy (non-hydrogen) atoms. The van der Waals surface area contributed by atoms with E-state index < -0.39 is 0 Å². The minimum Gasteiger partial charge on any atom is -0.356 e. The molecule has 102 valence electrons. The van der Waals surface area contributed by atoms with Gasteiger partial charge in [0, 0.05) is 30.6 Å². The fourth-order valence-electron chi connectivity index (χ4n) is 1.71. The third-order valence-corrected chi connectivity index (χ3v) is 4.02. The standard InChI is InChI=1S/C13H16BrN3OS/c14-11-9-16-17(10-11)7-5-13(18)15-6-1-3-12-4-2-8-19-12/h2,4,8-10H,1,3,5-7H2,(H,15,18). The fourth-order valence-corrected chi connectivity index (χ4v) is 2.79. The van der Waals surface area contributed by atoms with Gasteiger partial charge in [0.05, 0.1) is 10.7 Å². The van der Waals surface area contributed by atoms with Crippen molar-refractivity contribution in [3.05, 3.63) is 39.3 Å². The number of amides is 1. The number of halogens is 1. The summed E-state index contributed by atoms with van der Waals surface area (Å²) >= 11 is 5.09. The summed E-state index contributed by atoms with van der Waals surface area (Å²) in [6, 6.07) is 4.18. The third kappa shape index (κ3) is 5.16. The zero-order valence-corrected chi connectivity index (χ0v) is 12.9. The van der Waals surface area contributed by atoms with E-state index in [0.717, 1.165) is 23.9 Å². The van der Waals surface area contributed by atoms with E-state index in [1.807, 2.05) is 6.20 Å². The van der Waals surface area contributed by atoms with Crippen LogP contribution in [0.2, 0.25) is 0 Å². The lowest BCUT2D eigenvalue weighted by Gasteiger charge is -2.04. The molecule has 0 aliphatic carbocycles. The van der Waals surface area contributed by atoms with E-state index in [0.29, 0.717) is 13.0 Å². The van der Waals surface area contributed by atoms with Crippen LogP contribution in [-0.4, -0.2) is 22.2 Å². The fraction of sp³-hybridized carbons (Fsp3) is 0.385. The number of carbonyl (C=O) groups is 1. The summed E-state index contributed by atoms with van der Waals surface area (Å²) in [5.41, 5.74) is 0. The molecule has 0 aliphatic heterocycles. The number of nitrogens with one attached hydrogen (secondary N) is 1. The highest BCUT2D eigenvalue weighted by atomic mass is 79.9. The molecule has 0 unspecified atom stereocenters. The number of hydrogen-bond acceptors (Lipinski definition) is 3. The molecule has 2 heterocycles. The molecule has 4 nitrogen and oxygen atoms in total. The van der Waals surface area contributed by atoms with Crippen LogP contribution in [0.25, 0.3) is 0 Å². The molecular weight excluding hydrogens is 326 g/mol. The van der Waals surface area contributed by atoms with E-state index in [1.54, 1.807) is 22.2 Å². The molecule has 2 aromatic heterocycles. The Morgan fingerprint density at radius 1 is 1.53 bits per heavy atom. The lowest BCUT2D eigenvalue weighted by atomic mass is 10.2. The van der Waals surface area contributed by atoms with Crippen molar-refractivity contribution in [2.45, 2.75) is 25.8 Å². The number of aryl methyl sites for hydroxylation is 2. The van der Waals surface area contributed by atoms with Gasteiger partial charge in [0.2, 0.25) is 5.91 Å². The molecule has 0 bridgehead atoms. The highest BCUT2D eigenvalue weighted by Crippen LogP contribution is 2.10.